The van der Waals surface area contributed by atoms with Gasteiger partial charge in [-0.1, -0.05) is 31.2 Å². The molecule has 0 radical (unpaired) electrons. The molecule has 33 heavy (non-hydrogen) atoms. The van der Waals surface area contributed by atoms with Crippen molar-refractivity contribution in [1.29, 1.82) is 0 Å². The molecule has 1 aliphatic rings. The summed E-state index contributed by atoms with van der Waals surface area (Å²) in [5.74, 6) is 1.43. The summed E-state index contributed by atoms with van der Waals surface area (Å²) in [7, 11) is 0. The minimum absolute atomic E-state index is 0.0240. The van der Waals surface area contributed by atoms with Crippen molar-refractivity contribution in [2.24, 2.45) is 5.92 Å². The molecule has 184 valence electrons. The predicted molar refractivity (Wildman–Crippen MR) is 125 cm³/mol. The Morgan fingerprint density at radius 3 is 2.39 bits per heavy atom. The number of aliphatic hydroxyl groups excluding tert-OH is 3. The summed E-state index contributed by atoms with van der Waals surface area (Å²) in [6.07, 6.45) is 4.51. The van der Waals surface area contributed by atoms with E-state index < -0.39 is 12.2 Å². The minimum Gasteiger partial charge on any atom is -0.491 e. The summed E-state index contributed by atoms with van der Waals surface area (Å²) in [6, 6.07) is 8.11. The van der Waals surface area contributed by atoms with Gasteiger partial charge in [0.25, 0.3) is 0 Å². The summed E-state index contributed by atoms with van der Waals surface area (Å²) in [4.78, 5) is 0. The molecule has 0 amide bonds. The maximum atomic E-state index is 10.2. The Morgan fingerprint density at radius 1 is 1.09 bits per heavy atom. The van der Waals surface area contributed by atoms with Crippen molar-refractivity contribution < 1.29 is 24.8 Å². The molecule has 0 aliphatic heterocycles. The first-order chi connectivity index (χ1) is 15.8. The quantitative estimate of drug-likeness (QED) is 0.400. The van der Waals surface area contributed by atoms with Crippen LogP contribution in [0.5, 0.6) is 5.75 Å². The molecule has 1 heterocycles. The third-order valence-corrected chi connectivity index (χ3v) is 6.94. The molecule has 0 bridgehead atoms. The van der Waals surface area contributed by atoms with Crippen molar-refractivity contribution in [3.63, 3.8) is 0 Å². The molecule has 2 atom stereocenters. The molecule has 1 aromatic heterocycles. The lowest BCUT2D eigenvalue weighted by atomic mass is 9.67. The maximum Gasteiger partial charge on any atom is 0.119 e. The van der Waals surface area contributed by atoms with Gasteiger partial charge in [-0.3, -0.25) is 0 Å². The summed E-state index contributed by atoms with van der Waals surface area (Å²) in [5.41, 5.74) is 1.77. The van der Waals surface area contributed by atoms with Crippen LogP contribution in [0, 0.1) is 5.92 Å². The van der Waals surface area contributed by atoms with Gasteiger partial charge in [0, 0.05) is 0 Å². The topological polar surface area (TPSA) is 110 Å². The van der Waals surface area contributed by atoms with Crippen LogP contribution in [-0.4, -0.2) is 67.7 Å². The molecule has 3 rings (SSSR count). The SMILES string of the molecule is CC(C)(c1ccc(OCC(O)CCl)cc1)C1CCC(OCC(O)Cn2cc(CO)nn2)CC1. The molecule has 1 saturated carbocycles. The maximum absolute atomic E-state index is 10.2. The third kappa shape index (κ3) is 7.39. The highest BCUT2D eigenvalue weighted by atomic mass is 35.5. The average molecular weight is 482 g/mol. The van der Waals surface area contributed by atoms with Crippen LogP contribution in [0.4, 0.5) is 0 Å². The fourth-order valence-electron chi connectivity index (χ4n) is 4.42. The summed E-state index contributed by atoms with van der Waals surface area (Å²) in [5, 5.41) is 36.5. The highest BCUT2D eigenvalue weighted by Gasteiger charge is 2.34. The number of ether oxygens (including phenoxy) is 2. The van der Waals surface area contributed by atoms with Gasteiger partial charge in [0.15, 0.2) is 0 Å². The van der Waals surface area contributed by atoms with Crippen molar-refractivity contribution in [1.82, 2.24) is 15.0 Å². The zero-order chi connectivity index (χ0) is 23.8. The van der Waals surface area contributed by atoms with E-state index in [1.165, 1.54) is 10.2 Å². The predicted octanol–water partition coefficient (Wildman–Crippen LogP) is 2.66. The number of halogens is 1. The standard InChI is InChI=1S/C24H36ClN3O5/c1-24(2,17-3-7-22(8-4-17)32-15-20(30)11-25)18-5-9-23(10-6-18)33-16-21(31)13-28-12-19(14-29)26-27-28/h3-4,7-8,12,18,20-21,23,29-31H,5-6,9-11,13-16H2,1-2H3. The third-order valence-electron chi connectivity index (χ3n) is 6.58. The van der Waals surface area contributed by atoms with Gasteiger partial charge in [-0.05, 0) is 54.7 Å². The Hall–Kier alpha value is -1.71. The average Bonchev–Trinajstić information content (AvgIpc) is 3.29. The molecule has 1 fully saturated rings. The van der Waals surface area contributed by atoms with Gasteiger partial charge >= 0.3 is 0 Å². The smallest absolute Gasteiger partial charge is 0.119 e. The van der Waals surface area contributed by atoms with Crippen molar-refractivity contribution in [3.05, 3.63) is 41.7 Å². The van der Waals surface area contributed by atoms with E-state index in [1.807, 2.05) is 12.1 Å². The zero-order valence-electron chi connectivity index (χ0n) is 19.4. The molecule has 2 unspecified atom stereocenters. The number of hydrogen-bond donors (Lipinski definition) is 3. The molecular weight excluding hydrogens is 446 g/mol. The number of benzene rings is 1. The van der Waals surface area contributed by atoms with Gasteiger partial charge < -0.3 is 24.8 Å². The molecule has 1 aliphatic carbocycles. The lowest BCUT2D eigenvalue weighted by molar-refractivity contribution is -0.0386. The van der Waals surface area contributed by atoms with Gasteiger partial charge in [-0.2, -0.15) is 0 Å². The van der Waals surface area contributed by atoms with Crippen molar-refractivity contribution in [3.8, 4) is 5.75 Å². The van der Waals surface area contributed by atoms with E-state index in [2.05, 4.69) is 36.3 Å². The van der Waals surface area contributed by atoms with E-state index in [0.717, 1.165) is 31.4 Å². The first-order valence-electron chi connectivity index (χ1n) is 11.6. The molecule has 8 nitrogen and oxygen atoms in total. The van der Waals surface area contributed by atoms with E-state index >= 15 is 0 Å². The Kier molecular flexibility index (Phi) is 9.52. The fourth-order valence-corrected chi connectivity index (χ4v) is 4.51. The zero-order valence-corrected chi connectivity index (χ0v) is 20.2. The minimum atomic E-state index is -0.668. The summed E-state index contributed by atoms with van der Waals surface area (Å²) < 4.78 is 13.1. The van der Waals surface area contributed by atoms with Gasteiger partial charge in [0.05, 0.1) is 44.0 Å². The Labute approximate surface area is 200 Å². The van der Waals surface area contributed by atoms with Crippen LogP contribution in [0.1, 0.15) is 50.8 Å². The molecule has 1 aromatic carbocycles. The van der Waals surface area contributed by atoms with Crippen molar-refractivity contribution >= 4 is 11.6 Å². The second-order valence-corrected chi connectivity index (χ2v) is 9.72. The number of nitrogens with zero attached hydrogens (tertiary/aromatic N) is 3. The molecular formula is C24H36ClN3O5. The van der Waals surface area contributed by atoms with Crippen LogP contribution in [0.25, 0.3) is 0 Å². The number of aliphatic hydroxyl groups is 3. The Morgan fingerprint density at radius 2 is 1.79 bits per heavy atom. The van der Waals surface area contributed by atoms with E-state index in [0.29, 0.717) is 18.2 Å². The van der Waals surface area contributed by atoms with Crippen LogP contribution < -0.4 is 4.74 Å². The Bertz CT molecular complexity index is 837. The number of hydrogen-bond acceptors (Lipinski definition) is 7. The van der Waals surface area contributed by atoms with E-state index in [1.54, 1.807) is 6.20 Å². The lowest BCUT2D eigenvalue weighted by Crippen LogP contribution is -2.35. The van der Waals surface area contributed by atoms with Gasteiger partial charge in [0.2, 0.25) is 0 Å². The molecule has 3 N–H and O–H groups in total. The van der Waals surface area contributed by atoms with Crippen LogP contribution in [-0.2, 0) is 23.3 Å². The highest BCUT2D eigenvalue weighted by Crippen LogP contribution is 2.41. The first-order valence-corrected chi connectivity index (χ1v) is 12.1. The van der Waals surface area contributed by atoms with Gasteiger partial charge in [0.1, 0.15) is 24.2 Å². The van der Waals surface area contributed by atoms with Gasteiger partial charge in [-0.15, -0.1) is 16.7 Å². The lowest BCUT2D eigenvalue weighted by Gasteiger charge is -2.40. The molecule has 0 spiro atoms. The molecule has 2 aromatic rings. The monoisotopic (exact) mass is 481 g/mol. The van der Waals surface area contributed by atoms with E-state index in [-0.39, 0.29) is 37.2 Å². The first kappa shape index (κ1) is 25.9. The normalized spacial score (nSPS) is 21.0. The highest BCUT2D eigenvalue weighted by molar-refractivity contribution is 6.18. The van der Waals surface area contributed by atoms with Gasteiger partial charge in [-0.25, -0.2) is 4.68 Å². The number of rotatable bonds is 12. The number of aromatic nitrogens is 3. The van der Waals surface area contributed by atoms with Crippen LogP contribution in [0.3, 0.4) is 0 Å². The van der Waals surface area contributed by atoms with E-state index in [9.17, 15) is 10.2 Å². The van der Waals surface area contributed by atoms with Crippen LogP contribution in [0.2, 0.25) is 0 Å². The molecule has 0 saturated heterocycles. The van der Waals surface area contributed by atoms with Crippen molar-refractivity contribution in [2.45, 2.75) is 76.4 Å². The largest absolute Gasteiger partial charge is 0.491 e. The van der Waals surface area contributed by atoms with Crippen molar-refractivity contribution in [2.75, 3.05) is 19.1 Å². The second kappa shape index (κ2) is 12.1. The van der Waals surface area contributed by atoms with E-state index in [4.69, 9.17) is 26.2 Å². The van der Waals surface area contributed by atoms with Crippen LogP contribution in [0.15, 0.2) is 30.5 Å². The molecule has 9 heteroatoms. The summed E-state index contributed by atoms with van der Waals surface area (Å²) >= 11 is 5.61. The summed E-state index contributed by atoms with van der Waals surface area (Å²) in [6.45, 7) is 5.14. The fraction of sp³-hybridized carbons (Fsp3) is 0.667. The number of alkyl halides is 1. The second-order valence-electron chi connectivity index (χ2n) is 9.42. The Balaban J connectivity index is 1.43. The van der Waals surface area contributed by atoms with Crippen LogP contribution >= 0.6 is 11.6 Å².